The average molecular weight is 591 g/mol. The number of ether oxygens (including phenoxy) is 1. The van der Waals surface area contributed by atoms with E-state index in [4.69, 9.17) is 16.3 Å². The molecule has 1 atom stereocenters. The zero-order chi connectivity index (χ0) is 29.3. The summed E-state index contributed by atoms with van der Waals surface area (Å²) < 4.78 is 63.9. The number of hydrogen-bond donors (Lipinski definition) is 0. The molecule has 0 aliphatic heterocycles. The van der Waals surface area contributed by atoms with Gasteiger partial charge in [0.2, 0.25) is 5.91 Å². The number of carbonyl (C=O) groups excluding carboxylic acids is 1. The largest absolute Gasteiger partial charge is 0.493 e. The van der Waals surface area contributed by atoms with Crippen molar-refractivity contribution in [2.45, 2.75) is 44.6 Å². The Morgan fingerprint density at radius 1 is 1.05 bits per heavy atom. The highest BCUT2D eigenvalue weighted by molar-refractivity contribution is 7.92. The Kier molecular flexibility index (Phi) is 11.1. The molecule has 3 aromatic carbocycles. The summed E-state index contributed by atoms with van der Waals surface area (Å²) in [5.74, 6) is -1.30. The average Bonchev–Trinajstić information content (AvgIpc) is 2.93. The molecule has 1 unspecified atom stereocenters. The monoisotopic (exact) mass is 590 g/mol. The minimum Gasteiger partial charge on any atom is -0.493 e. The molecular formula is C30H33ClF2N2O4S. The third-order valence-corrected chi connectivity index (χ3v) is 8.47. The molecule has 1 amide bonds. The van der Waals surface area contributed by atoms with Crippen LogP contribution in [0.25, 0.3) is 0 Å². The van der Waals surface area contributed by atoms with Crippen LogP contribution in [0.3, 0.4) is 0 Å². The van der Waals surface area contributed by atoms with Crippen LogP contribution in [0, 0.1) is 11.6 Å². The van der Waals surface area contributed by atoms with Gasteiger partial charge in [-0.1, -0.05) is 35.9 Å². The van der Waals surface area contributed by atoms with Crippen molar-refractivity contribution in [3.05, 3.63) is 101 Å². The quantitative estimate of drug-likeness (QED) is 0.156. The van der Waals surface area contributed by atoms with Crippen molar-refractivity contribution in [2.75, 3.05) is 24.0 Å². The predicted molar refractivity (Wildman–Crippen MR) is 154 cm³/mol. The van der Waals surface area contributed by atoms with E-state index in [-0.39, 0.29) is 10.8 Å². The van der Waals surface area contributed by atoms with Crippen LogP contribution in [0.2, 0.25) is 5.02 Å². The SMILES string of the molecule is CC=CC(=O)N(CC)CCCCOc1ccccc1C(C)N(c1cc(F)ccc1F)S(=O)(=O)c1ccc(Cl)cc1. The minimum absolute atomic E-state index is 0.0448. The number of carbonyl (C=O) groups is 1. The maximum atomic E-state index is 15.0. The van der Waals surface area contributed by atoms with Crippen molar-refractivity contribution in [2.24, 2.45) is 0 Å². The van der Waals surface area contributed by atoms with Crippen LogP contribution < -0.4 is 9.04 Å². The van der Waals surface area contributed by atoms with Crippen LogP contribution in [0.1, 0.15) is 45.2 Å². The van der Waals surface area contributed by atoms with E-state index in [1.54, 1.807) is 49.1 Å². The normalized spacial score (nSPS) is 12.3. The molecule has 0 radical (unpaired) electrons. The molecule has 3 rings (SSSR count). The number of anilines is 1. The Balaban J connectivity index is 1.88. The fourth-order valence-electron chi connectivity index (χ4n) is 4.26. The van der Waals surface area contributed by atoms with Gasteiger partial charge in [0.05, 0.1) is 23.2 Å². The highest BCUT2D eigenvalue weighted by Gasteiger charge is 2.34. The summed E-state index contributed by atoms with van der Waals surface area (Å²) in [4.78, 5) is 13.7. The zero-order valence-corrected chi connectivity index (χ0v) is 24.3. The summed E-state index contributed by atoms with van der Waals surface area (Å²) in [7, 11) is -4.36. The van der Waals surface area contributed by atoms with Crippen molar-refractivity contribution in [1.29, 1.82) is 0 Å². The number of halogens is 3. The highest BCUT2D eigenvalue weighted by Crippen LogP contribution is 2.38. The van der Waals surface area contributed by atoms with Gasteiger partial charge in [0.15, 0.2) is 0 Å². The fraction of sp³-hybridized carbons (Fsp3) is 0.300. The maximum Gasteiger partial charge on any atom is 0.264 e. The minimum atomic E-state index is -4.36. The van der Waals surface area contributed by atoms with Crippen molar-refractivity contribution in [3.63, 3.8) is 0 Å². The van der Waals surface area contributed by atoms with E-state index >= 15 is 4.39 Å². The van der Waals surface area contributed by atoms with E-state index in [0.29, 0.717) is 48.9 Å². The first kappa shape index (κ1) is 31.1. The van der Waals surface area contributed by atoms with Crippen LogP contribution in [0.5, 0.6) is 5.75 Å². The molecule has 0 N–H and O–H groups in total. The molecule has 214 valence electrons. The van der Waals surface area contributed by atoms with Crippen LogP contribution in [-0.4, -0.2) is 38.9 Å². The van der Waals surface area contributed by atoms with Crippen LogP contribution in [0.15, 0.2) is 83.8 Å². The van der Waals surface area contributed by atoms with Crippen molar-refractivity contribution in [1.82, 2.24) is 4.90 Å². The Morgan fingerprint density at radius 2 is 1.75 bits per heavy atom. The van der Waals surface area contributed by atoms with Crippen LogP contribution >= 0.6 is 11.6 Å². The van der Waals surface area contributed by atoms with E-state index in [1.165, 1.54) is 30.3 Å². The Hall–Kier alpha value is -3.43. The van der Waals surface area contributed by atoms with E-state index in [1.807, 2.05) is 6.92 Å². The van der Waals surface area contributed by atoms with E-state index in [0.717, 1.165) is 22.5 Å². The number of likely N-dealkylation sites (N-methyl/N-ethyl adjacent to an activating group) is 1. The van der Waals surface area contributed by atoms with E-state index < -0.39 is 33.4 Å². The second kappa shape index (κ2) is 14.3. The third kappa shape index (κ3) is 7.61. The van der Waals surface area contributed by atoms with Gasteiger partial charge in [0.1, 0.15) is 17.4 Å². The summed E-state index contributed by atoms with van der Waals surface area (Å²) >= 11 is 5.95. The lowest BCUT2D eigenvalue weighted by Gasteiger charge is -2.32. The standard InChI is InChI=1S/C30H33ClF2N2O4S/c1-4-10-30(36)34(5-2)19-8-9-20-39-29-12-7-6-11-26(29)22(3)35(28-21-24(32)15-18-27(28)33)40(37,38)25-16-13-23(31)14-17-25/h4,6-7,10-18,21-22H,5,8-9,19-20H2,1-3H3. The van der Waals surface area contributed by atoms with E-state index in [9.17, 15) is 17.6 Å². The van der Waals surface area contributed by atoms with Crippen LogP contribution in [0.4, 0.5) is 14.5 Å². The smallest absolute Gasteiger partial charge is 0.264 e. The zero-order valence-electron chi connectivity index (χ0n) is 22.7. The maximum absolute atomic E-state index is 15.0. The number of sulfonamides is 1. The van der Waals surface area contributed by atoms with Gasteiger partial charge < -0.3 is 9.64 Å². The highest BCUT2D eigenvalue weighted by atomic mass is 35.5. The molecule has 0 saturated heterocycles. The van der Waals surface area contributed by atoms with Crippen molar-refractivity contribution >= 4 is 33.2 Å². The second-order valence-corrected chi connectivity index (χ2v) is 11.3. The van der Waals surface area contributed by atoms with E-state index in [2.05, 4.69) is 0 Å². The van der Waals surface area contributed by atoms with Gasteiger partial charge in [-0.2, -0.15) is 0 Å². The lowest BCUT2D eigenvalue weighted by atomic mass is 10.1. The lowest BCUT2D eigenvalue weighted by Crippen LogP contribution is -2.34. The van der Waals surface area contributed by atoms with Gasteiger partial charge in [-0.05, 0) is 82.2 Å². The molecule has 0 aliphatic rings. The lowest BCUT2D eigenvalue weighted by molar-refractivity contribution is -0.125. The van der Waals surface area contributed by atoms with Gasteiger partial charge in [0, 0.05) is 29.7 Å². The molecule has 0 saturated carbocycles. The molecule has 0 fully saturated rings. The Morgan fingerprint density at radius 3 is 2.42 bits per heavy atom. The molecule has 0 heterocycles. The molecule has 0 bridgehead atoms. The molecular weight excluding hydrogens is 558 g/mol. The van der Waals surface area contributed by atoms with Gasteiger partial charge >= 0.3 is 0 Å². The summed E-state index contributed by atoms with van der Waals surface area (Å²) in [6.07, 6.45) is 4.59. The van der Waals surface area contributed by atoms with Gasteiger partial charge in [-0.15, -0.1) is 0 Å². The summed E-state index contributed by atoms with van der Waals surface area (Å²) in [6, 6.07) is 14.1. The van der Waals surface area contributed by atoms with Gasteiger partial charge in [-0.25, -0.2) is 17.2 Å². The molecule has 0 aliphatic carbocycles. The number of amides is 1. The molecule has 10 heteroatoms. The number of unbranched alkanes of at least 4 members (excludes halogenated alkanes) is 1. The fourth-order valence-corrected chi connectivity index (χ4v) is 6.03. The number of para-hydroxylation sites is 1. The molecule has 6 nitrogen and oxygen atoms in total. The number of allylic oxidation sites excluding steroid dienone is 1. The summed E-state index contributed by atoms with van der Waals surface area (Å²) in [5.41, 5.74) is 0.0462. The number of hydrogen-bond acceptors (Lipinski definition) is 4. The molecule has 0 spiro atoms. The Labute approximate surface area is 239 Å². The first-order chi connectivity index (χ1) is 19.1. The number of rotatable bonds is 13. The second-order valence-electron chi connectivity index (χ2n) is 9.04. The Bertz CT molecular complexity index is 1430. The first-order valence-electron chi connectivity index (χ1n) is 13.0. The van der Waals surface area contributed by atoms with Crippen molar-refractivity contribution in [3.8, 4) is 5.75 Å². The molecule has 40 heavy (non-hydrogen) atoms. The van der Waals surface area contributed by atoms with Gasteiger partial charge in [-0.3, -0.25) is 9.10 Å². The third-order valence-electron chi connectivity index (χ3n) is 6.32. The predicted octanol–water partition coefficient (Wildman–Crippen LogP) is 7.16. The van der Waals surface area contributed by atoms with Crippen molar-refractivity contribution < 1.29 is 26.7 Å². The van der Waals surface area contributed by atoms with Gasteiger partial charge in [0.25, 0.3) is 10.0 Å². The molecule has 0 aromatic heterocycles. The first-order valence-corrected chi connectivity index (χ1v) is 14.8. The summed E-state index contributed by atoms with van der Waals surface area (Å²) in [6.45, 7) is 6.79. The van der Waals surface area contributed by atoms with Crippen LogP contribution in [-0.2, 0) is 14.8 Å². The topological polar surface area (TPSA) is 66.9 Å². The molecule has 3 aromatic rings. The number of benzene rings is 3. The number of nitrogens with zero attached hydrogens (tertiary/aromatic N) is 2. The summed E-state index contributed by atoms with van der Waals surface area (Å²) in [5, 5.41) is 0.336.